The van der Waals surface area contributed by atoms with Crippen LogP contribution in [0.5, 0.6) is 0 Å². The van der Waals surface area contributed by atoms with Crippen LogP contribution in [0.2, 0.25) is 0 Å². The Hall–Kier alpha value is -2.03. The topological polar surface area (TPSA) is 42.2 Å². The molecule has 88 valence electrons. The Kier molecular flexibility index (Phi) is 3.00. The van der Waals surface area contributed by atoms with Gasteiger partial charge in [0, 0.05) is 30.3 Å². The van der Waals surface area contributed by atoms with Crippen LogP contribution < -0.4 is 0 Å². The number of aryl methyl sites for hydroxylation is 1. The van der Waals surface area contributed by atoms with Crippen LogP contribution in [-0.2, 0) is 18.3 Å². The number of carbonyl (C=O) groups is 1. The van der Waals surface area contributed by atoms with Gasteiger partial charge in [-0.1, -0.05) is 18.2 Å². The molecule has 1 aromatic heterocycles. The van der Waals surface area contributed by atoms with Crippen molar-refractivity contribution in [2.75, 3.05) is 0 Å². The van der Waals surface area contributed by atoms with Crippen molar-refractivity contribution in [3.05, 3.63) is 47.9 Å². The molecule has 0 aliphatic carbocycles. The van der Waals surface area contributed by atoms with Crippen molar-refractivity contribution in [3.63, 3.8) is 0 Å². The van der Waals surface area contributed by atoms with Crippen LogP contribution in [0.3, 0.4) is 0 Å². The van der Waals surface area contributed by atoms with Gasteiger partial charge in [0.1, 0.15) is 0 Å². The molecule has 2 rings (SSSR count). The van der Waals surface area contributed by atoms with Crippen LogP contribution in [0.15, 0.2) is 42.2 Å². The monoisotopic (exact) mass is 229 g/mol. The molecule has 0 unspecified atom stereocenters. The fraction of sp³-hybridized carbons (Fsp3) is 0.214. The Balaban J connectivity index is 2.43. The second-order valence-electron chi connectivity index (χ2n) is 4.14. The number of aliphatic hydroxyl groups is 1. The van der Waals surface area contributed by atoms with E-state index in [1.807, 2.05) is 41.9 Å². The normalized spacial score (nSPS) is 12.0. The average Bonchev–Trinajstić information content (AvgIpc) is 2.63. The van der Waals surface area contributed by atoms with Crippen molar-refractivity contribution in [1.29, 1.82) is 0 Å². The van der Waals surface area contributed by atoms with E-state index in [0.29, 0.717) is 12.0 Å². The minimum Gasteiger partial charge on any atom is -0.515 e. The molecule has 0 saturated carbocycles. The summed E-state index contributed by atoms with van der Waals surface area (Å²) < 4.78 is 2.04. The maximum absolute atomic E-state index is 11.3. The summed E-state index contributed by atoms with van der Waals surface area (Å²) in [6.07, 6.45) is 1.36. The first-order valence-electron chi connectivity index (χ1n) is 5.51. The zero-order chi connectivity index (χ0) is 12.4. The number of aromatic nitrogens is 1. The van der Waals surface area contributed by atoms with E-state index in [2.05, 4.69) is 0 Å². The molecule has 0 fully saturated rings. The number of carbonyl (C=O) groups excluding carboxylic acids is 1. The van der Waals surface area contributed by atoms with Gasteiger partial charge < -0.3 is 9.67 Å². The molecule has 0 amide bonds. The summed E-state index contributed by atoms with van der Waals surface area (Å²) in [6.45, 7) is 1.46. The van der Waals surface area contributed by atoms with E-state index in [1.165, 1.54) is 6.92 Å². The molecule has 0 radical (unpaired) electrons. The zero-order valence-corrected chi connectivity index (χ0v) is 9.97. The van der Waals surface area contributed by atoms with E-state index in [9.17, 15) is 4.79 Å². The smallest absolute Gasteiger partial charge is 0.159 e. The Morgan fingerprint density at radius 2 is 2.12 bits per heavy atom. The summed E-state index contributed by atoms with van der Waals surface area (Å²) in [5.41, 5.74) is 2.57. The lowest BCUT2D eigenvalue weighted by Gasteiger charge is -2.04. The standard InChI is InChI=1S/C14H15NO2/c1-10(17)12(9-16)8-13-7-11-5-3-4-6-14(11)15(13)2/h3-7,9,16H,8H2,1-2H3/b12-9-. The summed E-state index contributed by atoms with van der Waals surface area (Å²) in [5, 5.41) is 10.2. The SMILES string of the molecule is CC(=O)/C(=C\O)Cc1cc2ccccc2n1C. The summed E-state index contributed by atoms with van der Waals surface area (Å²) in [5.74, 6) is -0.0993. The summed E-state index contributed by atoms with van der Waals surface area (Å²) in [4.78, 5) is 11.3. The molecule has 3 nitrogen and oxygen atoms in total. The molecule has 2 aromatic rings. The number of rotatable bonds is 3. The van der Waals surface area contributed by atoms with Gasteiger partial charge in [-0.2, -0.15) is 0 Å². The maximum Gasteiger partial charge on any atom is 0.159 e. The number of allylic oxidation sites excluding steroid dienone is 1. The third-order valence-corrected chi connectivity index (χ3v) is 3.03. The third kappa shape index (κ3) is 2.09. The molecule has 1 N–H and O–H groups in total. The molecule has 0 aliphatic rings. The quantitative estimate of drug-likeness (QED) is 0.649. The molecule has 0 aliphatic heterocycles. The first-order chi connectivity index (χ1) is 8.13. The van der Waals surface area contributed by atoms with E-state index in [-0.39, 0.29) is 5.78 Å². The molecule has 1 aromatic carbocycles. The van der Waals surface area contributed by atoms with Gasteiger partial charge in [0.05, 0.1) is 6.26 Å². The summed E-state index contributed by atoms with van der Waals surface area (Å²) in [7, 11) is 1.97. The fourth-order valence-electron chi connectivity index (χ4n) is 1.97. The van der Waals surface area contributed by atoms with Gasteiger partial charge >= 0.3 is 0 Å². The molecule has 0 spiro atoms. The van der Waals surface area contributed by atoms with Gasteiger partial charge in [0.15, 0.2) is 5.78 Å². The van der Waals surface area contributed by atoms with Gasteiger partial charge in [0.25, 0.3) is 0 Å². The second-order valence-corrected chi connectivity index (χ2v) is 4.14. The first kappa shape index (κ1) is 11.5. The molecule has 17 heavy (non-hydrogen) atoms. The fourth-order valence-corrected chi connectivity index (χ4v) is 1.97. The van der Waals surface area contributed by atoms with Crippen molar-refractivity contribution in [1.82, 2.24) is 4.57 Å². The van der Waals surface area contributed by atoms with Gasteiger partial charge in [0.2, 0.25) is 0 Å². The predicted molar refractivity (Wildman–Crippen MR) is 68.0 cm³/mol. The molecule has 0 saturated heterocycles. The molecule has 1 heterocycles. The largest absolute Gasteiger partial charge is 0.515 e. The van der Waals surface area contributed by atoms with Gasteiger partial charge in [-0.3, -0.25) is 4.79 Å². The Morgan fingerprint density at radius 1 is 1.41 bits per heavy atom. The molecular weight excluding hydrogens is 214 g/mol. The lowest BCUT2D eigenvalue weighted by Crippen LogP contribution is -2.04. The Labute approximate surface area is 100.0 Å². The highest BCUT2D eigenvalue weighted by atomic mass is 16.2. The van der Waals surface area contributed by atoms with Crippen molar-refractivity contribution < 1.29 is 9.90 Å². The van der Waals surface area contributed by atoms with E-state index in [4.69, 9.17) is 5.11 Å². The van der Waals surface area contributed by atoms with Crippen molar-refractivity contribution in [2.24, 2.45) is 7.05 Å². The highest BCUT2D eigenvalue weighted by Gasteiger charge is 2.10. The Bertz CT molecular complexity index is 593. The van der Waals surface area contributed by atoms with E-state index in [0.717, 1.165) is 22.9 Å². The molecule has 0 atom stereocenters. The number of hydrogen-bond acceptors (Lipinski definition) is 2. The number of ketones is 1. The second kappa shape index (κ2) is 4.45. The van der Waals surface area contributed by atoms with Crippen molar-refractivity contribution >= 4 is 16.7 Å². The summed E-state index contributed by atoms with van der Waals surface area (Å²) in [6, 6.07) is 10.1. The Morgan fingerprint density at radius 3 is 2.71 bits per heavy atom. The van der Waals surface area contributed by atoms with E-state index >= 15 is 0 Å². The summed E-state index contributed by atoms with van der Waals surface area (Å²) >= 11 is 0. The van der Waals surface area contributed by atoms with Crippen LogP contribution in [0.4, 0.5) is 0 Å². The lowest BCUT2D eigenvalue weighted by atomic mass is 10.1. The minimum absolute atomic E-state index is 0.0993. The van der Waals surface area contributed by atoms with Gasteiger partial charge in [-0.15, -0.1) is 0 Å². The van der Waals surface area contributed by atoms with Gasteiger partial charge in [-0.25, -0.2) is 0 Å². The van der Waals surface area contributed by atoms with Gasteiger partial charge in [-0.05, 0) is 24.4 Å². The highest BCUT2D eigenvalue weighted by molar-refractivity contribution is 5.93. The number of nitrogens with zero attached hydrogens (tertiary/aromatic N) is 1. The minimum atomic E-state index is -0.0993. The molecule has 3 heteroatoms. The number of Topliss-reactive ketones (excluding diaryl/α,β-unsaturated/α-hetero) is 1. The number of fused-ring (bicyclic) bond motifs is 1. The number of aliphatic hydroxyl groups excluding tert-OH is 1. The van der Waals surface area contributed by atoms with Crippen LogP contribution in [0.25, 0.3) is 10.9 Å². The van der Waals surface area contributed by atoms with Crippen LogP contribution >= 0.6 is 0 Å². The maximum atomic E-state index is 11.3. The molecule has 0 bridgehead atoms. The van der Waals surface area contributed by atoms with Crippen molar-refractivity contribution in [3.8, 4) is 0 Å². The lowest BCUT2D eigenvalue weighted by molar-refractivity contribution is -0.113. The van der Waals surface area contributed by atoms with Crippen LogP contribution in [0.1, 0.15) is 12.6 Å². The van der Waals surface area contributed by atoms with Crippen LogP contribution in [-0.4, -0.2) is 15.5 Å². The number of benzene rings is 1. The number of para-hydroxylation sites is 1. The third-order valence-electron chi connectivity index (χ3n) is 3.03. The predicted octanol–water partition coefficient (Wildman–Crippen LogP) is 2.75. The van der Waals surface area contributed by atoms with E-state index < -0.39 is 0 Å². The molecular formula is C14H15NO2. The highest BCUT2D eigenvalue weighted by Crippen LogP contribution is 2.20. The average molecular weight is 229 g/mol. The number of hydrogen-bond donors (Lipinski definition) is 1. The van der Waals surface area contributed by atoms with E-state index in [1.54, 1.807) is 0 Å². The first-order valence-corrected chi connectivity index (χ1v) is 5.51. The zero-order valence-electron chi connectivity index (χ0n) is 9.97. The van der Waals surface area contributed by atoms with Crippen molar-refractivity contribution in [2.45, 2.75) is 13.3 Å². The van der Waals surface area contributed by atoms with Crippen LogP contribution in [0, 0.1) is 0 Å².